The molecule has 1 aromatic heterocycles. The third kappa shape index (κ3) is 3.69. The van der Waals surface area contributed by atoms with Crippen molar-refractivity contribution >= 4 is 35.2 Å². The first-order valence-corrected chi connectivity index (χ1v) is 9.44. The molecule has 2 aromatic rings. The molecule has 0 radical (unpaired) electrons. The molecule has 3 heterocycles. The monoisotopic (exact) mass is 429 g/mol. The fourth-order valence-electron chi connectivity index (χ4n) is 3.32. The van der Waals surface area contributed by atoms with Crippen LogP contribution in [0.15, 0.2) is 40.6 Å². The number of carbonyl (C=O) groups is 4. The van der Waals surface area contributed by atoms with Gasteiger partial charge in [0.15, 0.2) is 0 Å². The topological polar surface area (TPSA) is 126 Å². The molecule has 11 heteroatoms. The molecule has 10 nitrogen and oxygen atoms in total. The number of imide groups is 2. The zero-order valence-electron chi connectivity index (χ0n) is 15.8. The number of halogens is 1. The van der Waals surface area contributed by atoms with Crippen molar-refractivity contribution in [3.8, 4) is 11.4 Å². The number of aromatic nitrogens is 2. The van der Waals surface area contributed by atoms with Crippen LogP contribution in [-0.2, 0) is 25.7 Å². The van der Waals surface area contributed by atoms with Crippen molar-refractivity contribution in [3.05, 3.63) is 47.0 Å². The normalized spacial score (nSPS) is 19.2. The van der Waals surface area contributed by atoms with Crippen molar-refractivity contribution in [2.75, 3.05) is 7.05 Å². The van der Waals surface area contributed by atoms with E-state index >= 15 is 0 Å². The van der Waals surface area contributed by atoms with Gasteiger partial charge in [0.2, 0.25) is 23.5 Å². The molecule has 0 aliphatic carbocycles. The second-order valence-corrected chi connectivity index (χ2v) is 7.32. The average molecular weight is 430 g/mol. The van der Waals surface area contributed by atoms with E-state index in [1.165, 1.54) is 4.90 Å². The van der Waals surface area contributed by atoms with Gasteiger partial charge < -0.3 is 9.42 Å². The highest BCUT2D eigenvalue weighted by Gasteiger charge is 2.43. The van der Waals surface area contributed by atoms with Gasteiger partial charge in [0.25, 0.3) is 11.8 Å². The first-order valence-electron chi connectivity index (χ1n) is 9.06. The molecule has 2 aliphatic rings. The molecule has 1 fully saturated rings. The van der Waals surface area contributed by atoms with Crippen LogP contribution in [0.25, 0.3) is 11.4 Å². The summed E-state index contributed by atoms with van der Waals surface area (Å²) in [6.07, 6.45) is 1.31. The fourth-order valence-corrected chi connectivity index (χ4v) is 3.51. The number of likely N-dealkylation sites (N-methyl/N-ethyl adjacent to an activating group) is 1. The van der Waals surface area contributed by atoms with E-state index in [0.717, 1.165) is 11.0 Å². The highest BCUT2D eigenvalue weighted by Crippen LogP contribution is 2.24. The summed E-state index contributed by atoms with van der Waals surface area (Å²) in [5, 5.41) is 6.59. The molecule has 1 saturated heterocycles. The minimum atomic E-state index is -1.01. The Kier molecular flexibility index (Phi) is 5.08. The molecular weight excluding hydrogens is 414 g/mol. The predicted octanol–water partition coefficient (Wildman–Crippen LogP) is 0.880. The summed E-state index contributed by atoms with van der Waals surface area (Å²) in [6.45, 7) is 0.0710. The van der Waals surface area contributed by atoms with E-state index in [9.17, 15) is 19.2 Å². The van der Waals surface area contributed by atoms with Crippen molar-refractivity contribution < 1.29 is 23.7 Å². The lowest BCUT2D eigenvalue weighted by Crippen LogP contribution is -2.54. The molecule has 1 atom stereocenters. The predicted molar refractivity (Wildman–Crippen MR) is 102 cm³/mol. The Balaban J connectivity index is 1.47. The van der Waals surface area contributed by atoms with Crippen LogP contribution in [0.1, 0.15) is 18.7 Å². The molecule has 0 saturated carbocycles. The number of nitrogens with one attached hydrogen (secondary N) is 1. The third-order valence-corrected chi connectivity index (χ3v) is 5.03. The Morgan fingerprint density at radius 2 is 2.10 bits per heavy atom. The van der Waals surface area contributed by atoms with E-state index in [0.29, 0.717) is 16.4 Å². The van der Waals surface area contributed by atoms with Crippen LogP contribution in [0, 0.1) is 0 Å². The lowest BCUT2D eigenvalue weighted by molar-refractivity contribution is -0.150. The van der Waals surface area contributed by atoms with Gasteiger partial charge >= 0.3 is 0 Å². The van der Waals surface area contributed by atoms with Crippen LogP contribution in [0.5, 0.6) is 0 Å². The van der Waals surface area contributed by atoms with Gasteiger partial charge in [0, 0.05) is 30.1 Å². The van der Waals surface area contributed by atoms with Crippen molar-refractivity contribution in [1.82, 2.24) is 25.3 Å². The summed E-state index contributed by atoms with van der Waals surface area (Å²) in [4.78, 5) is 55.2. The molecule has 0 bridgehead atoms. The van der Waals surface area contributed by atoms with Gasteiger partial charge in [-0.15, -0.1) is 0 Å². The van der Waals surface area contributed by atoms with Gasteiger partial charge in [0.05, 0.1) is 6.54 Å². The maximum absolute atomic E-state index is 12.8. The summed E-state index contributed by atoms with van der Waals surface area (Å²) in [5.41, 5.74) is 0.766. The minimum absolute atomic E-state index is 0.0624. The maximum Gasteiger partial charge on any atom is 0.277 e. The van der Waals surface area contributed by atoms with Crippen molar-refractivity contribution in [2.45, 2.75) is 25.4 Å². The molecule has 1 unspecified atom stereocenters. The molecule has 4 amide bonds. The van der Waals surface area contributed by atoms with Gasteiger partial charge in [0.1, 0.15) is 11.7 Å². The van der Waals surface area contributed by atoms with E-state index in [-0.39, 0.29) is 31.0 Å². The summed E-state index contributed by atoms with van der Waals surface area (Å²) >= 11 is 5.97. The quantitative estimate of drug-likeness (QED) is 0.694. The Morgan fingerprint density at radius 3 is 2.83 bits per heavy atom. The number of nitrogens with zero attached hydrogens (tertiary/aromatic N) is 4. The minimum Gasteiger partial charge on any atom is -0.361 e. The summed E-state index contributed by atoms with van der Waals surface area (Å²) in [7, 11) is 1.59. The summed E-state index contributed by atoms with van der Waals surface area (Å²) in [6, 6.07) is 5.95. The van der Waals surface area contributed by atoms with Crippen LogP contribution in [0.4, 0.5) is 0 Å². The third-order valence-electron chi connectivity index (χ3n) is 4.79. The van der Waals surface area contributed by atoms with Crippen LogP contribution >= 0.6 is 11.6 Å². The maximum atomic E-state index is 12.8. The lowest BCUT2D eigenvalue weighted by atomic mass is 10.0. The first-order chi connectivity index (χ1) is 14.3. The second kappa shape index (κ2) is 7.71. The molecule has 0 spiro atoms. The number of hydrogen-bond donors (Lipinski definition) is 1. The van der Waals surface area contributed by atoms with E-state index < -0.39 is 29.7 Å². The molecule has 2 aliphatic heterocycles. The number of hydrogen-bond acceptors (Lipinski definition) is 8. The number of piperidine rings is 1. The highest BCUT2D eigenvalue weighted by atomic mass is 35.5. The molecule has 154 valence electrons. The number of carbonyl (C=O) groups excluding carboxylic acids is 4. The van der Waals surface area contributed by atoms with Crippen molar-refractivity contribution in [2.24, 2.45) is 0 Å². The fraction of sp³-hybridized carbons (Fsp3) is 0.263. The molecular formula is C19H16ClN5O5. The number of rotatable bonds is 5. The van der Waals surface area contributed by atoms with Gasteiger partial charge in [-0.1, -0.05) is 28.9 Å². The smallest absolute Gasteiger partial charge is 0.277 e. The van der Waals surface area contributed by atoms with Crippen LogP contribution < -0.4 is 5.32 Å². The van der Waals surface area contributed by atoms with Gasteiger partial charge in [-0.3, -0.25) is 29.4 Å². The van der Waals surface area contributed by atoms with Crippen LogP contribution in [0.2, 0.25) is 5.02 Å². The van der Waals surface area contributed by atoms with Crippen LogP contribution in [-0.4, -0.2) is 56.7 Å². The van der Waals surface area contributed by atoms with E-state index in [4.69, 9.17) is 16.1 Å². The zero-order valence-corrected chi connectivity index (χ0v) is 16.5. The average Bonchev–Trinajstić information content (AvgIpc) is 3.27. The first kappa shape index (κ1) is 19.8. The van der Waals surface area contributed by atoms with Gasteiger partial charge in [-0.2, -0.15) is 4.98 Å². The standard InChI is InChI=1S/C19H16ClN5O5/c1-24(9-15-22-17(23-30-15)10-3-2-4-11(20)7-10)13-8-16(27)25(19(13)29)12-5-6-14(26)21-18(12)28/h2-4,7-8,12H,5-6,9H2,1H3,(H,21,26,28). The number of benzene rings is 1. The van der Waals surface area contributed by atoms with E-state index in [1.54, 1.807) is 31.3 Å². The van der Waals surface area contributed by atoms with Crippen molar-refractivity contribution in [3.63, 3.8) is 0 Å². The molecule has 4 rings (SSSR count). The Morgan fingerprint density at radius 1 is 1.30 bits per heavy atom. The highest BCUT2D eigenvalue weighted by molar-refractivity contribution is 6.30. The SMILES string of the molecule is CN(Cc1nc(-c2cccc(Cl)c2)no1)C1=CC(=O)N(C2CCC(=O)NC2=O)C1=O. The zero-order chi connectivity index (χ0) is 21.4. The molecule has 30 heavy (non-hydrogen) atoms. The van der Waals surface area contributed by atoms with E-state index in [1.807, 2.05) is 0 Å². The van der Waals surface area contributed by atoms with E-state index in [2.05, 4.69) is 15.5 Å². The Bertz CT molecular complexity index is 1090. The number of amides is 4. The Labute approximate surface area is 175 Å². The Hall–Kier alpha value is -3.53. The van der Waals surface area contributed by atoms with Gasteiger partial charge in [-0.05, 0) is 18.6 Å². The van der Waals surface area contributed by atoms with Gasteiger partial charge in [-0.25, -0.2) is 0 Å². The second-order valence-electron chi connectivity index (χ2n) is 6.89. The summed E-state index contributed by atoms with van der Waals surface area (Å²) in [5.74, 6) is -1.74. The lowest BCUT2D eigenvalue weighted by Gasteiger charge is -2.29. The van der Waals surface area contributed by atoms with Crippen molar-refractivity contribution in [1.29, 1.82) is 0 Å². The molecule has 1 aromatic carbocycles. The molecule has 1 N–H and O–H groups in total. The summed E-state index contributed by atoms with van der Waals surface area (Å²) < 4.78 is 5.24. The van der Waals surface area contributed by atoms with Crippen LogP contribution in [0.3, 0.4) is 0 Å². The largest absolute Gasteiger partial charge is 0.361 e.